The highest BCUT2D eigenvalue weighted by molar-refractivity contribution is 6.27. The van der Waals surface area contributed by atoms with Gasteiger partial charge in [0.1, 0.15) is 0 Å². The maximum Gasteiger partial charge on any atom is 0.320 e. The maximum absolute atomic E-state index is 5.50. The predicted octanol–water partition coefficient (Wildman–Crippen LogP) is 1.43. The molecular weight excluding hydrogens is 192 g/mol. The summed E-state index contributed by atoms with van der Waals surface area (Å²) in [5.41, 5.74) is 1.80. The minimum Gasteiger partial charge on any atom is -0.321 e. The molecule has 2 aromatic heterocycles. The van der Waals surface area contributed by atoms with Crippen LogP contribution in [0.2, 0.25) is 5.35 Å². The smallest absolute Gasteiger partial charge is 0.320 e. The highest BCUT2D eigenvalue weighted by Gasteiger charge is 2.12. The summed E-state index contributed by atoms with van der Waals surface area (Å²) in [4.78, 5) is 3.89. The zero-order valence-electron chi connectivity index (χ0n) is 7.15. The fraction of sp³-hybridized carbons (Fsp3) is 0.286. The van der Waals surface area contributed by atoms with Gasteiger partial charge in [-0.1, -0.05) is 5.16 Å². The van der Waals surface area contributed by atoms with E-state index in [4.69, 9.17) is 11.6 Å². The summed E-state index contributed by atoms with van der Waals surface area (Å²) in [7, 11) is 1.85. The molecule has 0 saturated heterocycles. The molecule has 0 aliphatic carbocycles. The average molecular weight is 199 g/mol. The van der Waals surface area contributed by atoms with E-state index in [1.807, 2.05) is 14.0 Å². The van der Waals surface area contributed by atoms with Gasteiger partial charge in [-0.25, -0.2) is 0 Å². The molecule has 2 heterocycles. The normalized spacial score (nSPS) is 10.7. The van der Waals surface area contributed by atoms with Gasteiger partial charge in [0.05, 0.1) is 11.8 Å². The van der Waals surface area contributed by atoms with E-state index in [1.165, 1.54) is 0 Å². The molecule has 0 aliphatic heterocycles. The van der Waals surface area contributed by atoms with E-state index in [-0.39, 0.29) is 5.35 Å². The van der Waals surface area contributed by atoms with Crippen molar-refractivity contribution in [2.45, 2.75) is 6.92 Å². The van der Waals surface area contributed by atoms with Crippen molar-refractivity contribution in [1.82, 2.24) is 19.9 Å². The second kappa shape index (κ2) is 2.85. The van der Waals surface area contributed by atoms with Crippen LogP contribution < -0.4 is 0 Å². The minimum absolute atomic E-state index is 0.0400. The molecule has 2 rings (SSSR count). The molecule has 2 aromatic rings. The Morgan fingerprint density at radius 3 is 2.77 bits per heavy atom. The van der Waals surface area contributed by atoms with Crippen molar-refractivity contribution in [3.8, 4) is 11.4 Å². The van der Waals surface area contributed by atoms with Crippen LogP contribution in [0.25, 0.3) is 11.4 Å². The van der Waals surface area contributed by atoms with Gasteiger partial charge in [0.25, 0.3) is 0 Å². The number of halogens is 1. The highest BCUT2D eigenvalue weighted by atomic mass is 35.5. The summed E-state index contributed by atoms with van der Waals surface area (Å²) < 4.78 is 6.39. The van der Waals surface area contributed by atoms with Crippen molar-refractivity contribution in [2.24, 2.45) is 7.05 Å². The molecule has 0 saturated carbocycles. The van der Waals surface area contributed by atoms with Crippen LogP contribution in [0, 0.1) is 6.92 Å². The lowest BCUT2D eigenvalue weighted by atomic mass is 10.2. The Hall–Kier alpha value is -1.36. The van der Waals surface area contributed by atoms with E-state index in [2.05, 4.69) is 19.8 Å². The Kier molecular flexibility index (Phi) is 1.81. The minimum atomic E-state index is 0.0400. The maximum atomic E-state index is 5.50. The molecule has 6 heteroatoms. The molecule has 0 spiro atoms. The van der Waals surface area contributed by atoms with Crippen LogP contribution in [-0.4, -0.2) is 19.9 Å². The van der Waals surface area contributed by atoms with Crippen LogP contribution in [-0.2, 0) is 7.05 Å². The highest BCUT2D eigenvalue weighted by Crippen LogP contribution is 2.20. The zero-order chi connectivity index (χ0) is 9.42. The predicted molar refractivity (Wildman–Crippen MR) is 46.2 cm³/mol. The molecule has 0 atom stereocenters. The zero-order valence-corrected chi connectivity index (χ0v) is 7.91. The summed E-state index contributed by atoms with van der Waals surface area (Å²) in [5, 5.41) is 7.78. The van der Waals surface area contributed by atoms with Gasteiger partial charge in [0.15, 0.2) is 0 Å². The third-order valence-electron chi connectivity index (χ3n) is 1.88. The monoisotopic (exact) mass is 198 g/mol. The van der Waals surface area contributed by atoms with Crippen molar-refractivity contribution in [2.75, 3.05) is 0 Å². The van der Waals surface area contributed by atoms with Crippen LogP contribution in [0.3, 0.4) is 0 Å². The van der Waals surface area contributed by atoms with Gasteiger partial charge in [-0.05, 0) is 18.5 Å². The largest absolute Gasteiger partial charge is 0.321 e. The van der Waals surface area contributed by atoms with Crippen LogP contribution in [0.15, 0.2) is 10.7 Å². The molecule has 68 valence electrons. The first-order chi connectivity index (χ1) is 6.18. The Bertz CT molecular complexity index is 433. The lowest BCUT2D eigenvalue weighted by Gasteiger charge is -1.93. The Labute approximate surface area is 79.3 Å². The molecule has 0 aromatic carbocycles. The molecule has 0 N–H and O–H groups in total. The second-order valence-electron chi connectivity index (χ2n) is 2.64. The number of nitrogens with zero attached hydrogens (tertiary/aromatic N) is 4. The fourth-order valence-electron chi connectivity index (χ4n) is 1.03. The summed E-state index contributed by atoms with van der Waals surface area (Å²) >= 11 is 5.50. The van der Waals surface area contributed by atoms with Gasteiger partial charge in [0.2, 0.25) is 5.82 Å². The number of rotatable bonds is 1. The van der Waals surface area contributed by atoms with E-state index in [0.29, 0.717) is 5.82 Å². The van der Waals surface area contributed by atoms with Crippen molar-refractivity contribution in [3.05, 3.63) is 17.2 Å². The van der Waals surface area contributed by atoms with E-state index >= 15 is 0 Å². The fourth-order valence-corrected chi connectivity index (χ4v) is 1.15. The van der Waals surface area contributed by atoms with Gasteiger partial charge in [-0.3, -0.25) is 4.68 Å². The van der Waals surface area contributed by atoms with E-state index in [9.17, 15) is 0 Å². The first-order valence-corrected chi connectivity index (χ1v) is 4.04. The third kappa shape index (κ3) is 1.31. The molecule has 0 radical (unpaired) electrons. The molecular formula is C7H7ClN4O. The second-order valence-corrected chi connectivity index (χ2v) is 2.96. The quantitative estimate of drug-likeness (QED) is 0.696. The molecule has 0 bridgehead atoms. The number of hydrogen-bond acceptors (Lipinski definition) is 4. The van der Waals surface area contributed by atoms with Gasteiger partial charge in [-0.2, -0.15) is 10.1 Å². The van der Waals surface area contributed by atoms with Crippen molar-refractivity contribution >= 4 is 11.6 Å². The molecule has 0 amide bonds. The lowest BCUT2D eigenvalue weighted by molar-refractivity contribution is 0.421. The molecule has 0 unspecified atom stereocenters. The average Bonchev–Trinajstić information content (AvgIpc) is 2.62. The summed E-state index contributed by atoms with van der Waals surface area (Å²) in [6.07, 6.45) is 1.68. The first kappa shape index (κ1) is 8.25. The number of hydrogen-bond donors (Lipinski definition) is 0. The van der Waals surface area contributed by atoms with Gasteiger partial charge in [-0.15, -0.1) is 0 Å². The van der Waals surface area contributed by atoms with Crippen LogP contribution >= 0.6 is 11.6 Å². The Morgan fingerprint density at radius 2 is 2.31 bits per heavy atom. The Balaban J connectivity index is 2.52. The molecule has 5 nitrogen and oxygen atoms in total. The van der Waals surface area contributed by atoms with Crippen molar-refractivity contribution < 1.29 is 4.52 Å². The van der Waals surface area contributed by atoms with Crippen molar-refractivity contribution in [1.29, 1.82) is 0 Å². The number of aryl methyl sites for hydroxylation is 1. The summed E-state index contributed by atoms with van der Waals surface area (Å²) in [6, 6.07) is 0. The lowest BCUT2D eigenvalue weighted by Crippen LogP contribution is -1.92. The number of aromatic nitrogens is 4. The third-order valence-corrected chi connectivity index (χ3v) is 2.03. The van der Waals surface area contributed by atoms with Gasteiger partial charge in [0, 0.05) is 12.7 Å². The van der Waals surface area contributed by atoms with Gasteiger partial charge >= 0.3 is 5.35 Å². The van der Waals surface area contributed by atoms with Crippen molar-refractivity contribution in [3.63, 3.8) is 0 Å². The van der Waals surface area contributed by atoms with Crippen LogP contribution in [0.5, 0.6) is 0 Å². The molecule has 0 aliphatic rings. The Morgan fingerprint density at radius 1 is 1.54 bits per heavy atom. The van der Waals surface area contributed by atoms with Gasteiger partial charge < -0.3 is 4.52 Å². The molecule has 13 heavy (non-hydrogen) atoms. The van der Waals surface area contributed by atoms with Crippen LogP contribution in [0.1, 0.15) is 5.69 Å². The standard InChI is InChI=1S/C7H7ClN4O/c1-4-5(3-9-12(4)2)6-10-7(8)13-11-6/h3H,1-2H3. The summed E-state index contributed by atoms with van der Waals surface area (Å²) in [6.45, 7) is 1.92. The van der Waals surface area contributed by atoms with Crippen LogP contribution in [0.4, 0.5) is 0 Å². The topological polar surface area (TPSA) is 56.7 Å². The van der Waals surface area contributed by atoms with E-state index in [0.717, 1.165) is 11.3 Å². The van der Waals surface area contributed by atoms with E-state index < -0.39 is 0 Å². The van der Waals surface area contributed by atoms with E-state index in [1.54, 1.807) is 10.9 Å². The molecule has 0 fully saturated rings. The summed E-state index contributed by atoms with van der Waals surface area (Å²) in [5.74, 6) is 0.468. The first-order valence-electron chi connectivity index (χ1n) is 3.66. The SMILES string of the molecule is Cc1c(-c2noc(Cl)n2)cnn1C.